The maximum Gasteiger partial charge on any atom is 0.333 e. The molecule has 2 aromatic carbocycles. The van der Waals surface area contributed by atoms with Gasteiger partial charge in [-0.25, -0.2) is 19.0 Å². The fraction of sp³-hybridized carbons (Fsp3) is 0.708. The van der Waals surface area contributed by atoms with Gasteiger partial charge in [0.25, 0.3) is 0 Å². The number of likely N-dealkylation sites (tertiary alicyclic amines) is 2. The predicted molar refractivity (Wildman–Crippen MR) is 262 cm³/mol. The van der Waals surface area contributed by atoms with Gasteiger partial charge in [-0.1, -0.05) is 12.1 Å². The summed E-state index contributed by atoms with van der Waals surface area (Å²) < 4.78 is 54.1. The molecule has 6 aliphatic heterocycles. The van der Waals surface area contributed by atoms with E-state index in [0.717, 1.165) is 156 Å². The highest BCUT2D eigenvalue weighted by Gasteiger charge is 2.49. The van der Waals surface area contributed by atoms with Gasteiger partial charge in [0.05, 0.1) is 0 Å². The first-order valence-corrected chi connectivity index (χ1v) is 28.8. The number of aryl methyl sites for hydroxylation is 4. The Hall–Kier alpha value is -2.70. The zero-order valence-electron chi connectivity index (χ0n) is 38.3. The van der Waals surface area contributed by atoms with Crippen LogP contribution in [0.2, 0.25) is 0 Å². The zero-order valence-corrected chi connectivity index (χ0v) is 41.5. The zero-order chi connectivity index (χ0) is 44.9. The molecule has 10 aliphatic rings. The minimum Gasteiger partial charge on any atom is -0.311 e. The number of halogens is 2. The normalized spacial score (nSPS) is 28.5. The lowest BCUT2D eigenvalue weighted by atomic mass is 9.98. The van der Waals surface area contributed by atoms with Gasteiger partial charge in [-0.3, -0.25) is 0 Å². The molecule has 4 bridgehead atoms. The number of nitrogens with zero attached hydrogens (tertiary/aromatic N) is 3. The average Bonchev–Trinajstić information content (AvgIpc) is 4.10. The van der Waals surface area contributed by atoms with Gasteiger partial charge >= 0.3 is 31.5 Å². The monoisotopic (exact) mass is 988 g/mol. The van der Waals surface area contributed by atoms with Crippen LogP contribution in [0, 0.1) is 0 Å². The predicted octanol–water partition coefficient (Wildman–Crippen LogP) is 7.18. The number of fused-ring (bicyclic) bond motifs is 8. The van der Waals surface area contributed by atoms with Crippen LogP contribution < -0.4 is 25.4 Å². The van der Waals surface area contributed by atoms with Crippen molar-refractivity contribution < 1.29 is 26.4 Å². The molecule has 66 heavy (non-hydrogen) atoms. The molecule has 4 atom stereocenters. The van der Waals surface area contributed by atoms with Crippen molar-refractivity contribution in [2.75, 3.05) is 36.8 Å². The third-order valence-corrected chi connectivity index (χ3v) is 18.8. The van der Waals surface area contributed by atoms with Crippen LogP contribution in [0.4, 0.5) is 21.0 Å². The SMILES string of the molecule is C1CCN(C2CC3CCC(C2)N3)C1.Cl.O=C(Nc1c2c(cc3c1CCC3)CCC2)NS(=O)(=O)Cl.O=C(Nc1c2c(cc3c1CCC3)CCC2)NS(=O)(=O)N1C2CCC1CC(N1CCCC1)C2. The van der Waals surface area contributed by atoms with E-state index in [1.54, 1.807) is 9.03 Å². The van der Waals surface area contributed by atoms with Gasteiger partial charge in [0.15, 0.2) is 0 Å². The van der Waals surface area contributed by atoms with Gasteiger partial charge < -0.3 is 25.8 Å². The number of piperidine rings is 2. The molecule has 6 saturated heterocycles. The van der Waals surface area contributed by atoms with Crippen LogP contribution >= 0.6 is 23.1 Å². The van der Waals surface area contributed by atoms with Gasteiger partial charge in [-0.2, -0.15) is 21.1 Å². The molecule has 5 N–H and O–H groups in total. The second-order valence-corrected chi connectivity index (χ2v) is 24.5. The number of carbonyl (C=O) groups excluding carboxylic acids is 2. The summed E-state index contributed by atoms with van der Waals surface area (Å²) in [4.78, 5) is 30.0. The van der Waals surface area contributed by atoms with Crippen molar-refractivity contribution in [2.24, 2.45) is 0 Å². The van der Waals surface area contributed by atoms with Crippen molar-refractivity contribution >= 4 is 66.0 Å². The molecule has 4 unspecified atom stereocenters. The second-order valence-electron chi connectivity index (χ2n) is 20.6. The summed E-state index contributed by atoms with van der Waals surface area (Å²) in [6.07, 6.45) is 26.9. The summed E-state index contributed by atoms with van der Waals surface area (Å²) in [5.41, 5.74) is 11.6. The maximum atomic E-state index is 13.3. The van der Waals surface area contributed by atoms with E-state index in [4.69, 9.17) is 10.7 Å². The molecular formula is C48H70Cl2N8O6S2. The maximum absolute atomic E-state index is 13.3. The molecule has 6 heterocycles. The minimum atomic E-state index is -4.06. The number of amides is 4. The Morgan fingerprint density at radius 1 is 0.515 bits per heavy atom. The second kappa shape index (κ2) is 20.3. The van der Waals surface area contributed by atoms with E-state index in [0.29, 0.717) is 6.04 Å². The third kappa shape index (κ3) is 10.6. The fourth-order valence-corrected chi connectivity index (χ4v) is 15.9. The van der Waals surface area contributed by atoms with E-state index in [1.807, 2.05) is 0 Å². The topological polar surface area (TPSA) is 172 Å². The highest BCUT2D eigenvalue weighted by Crippen LogP contribution is 2.42. The molecule has 0 radical (unpaired) electrons. The number of hydrogen-bond donors (Lipinski definition) is 5. The Bertz CT molecular complexity index is 2290. The lowest BCUT2D eigenvalue weighted by molar-refractivity contribution is 0.123. The van der Waals surface area contributed by atoms with Crippen LogP contribution in [0.25, 0.3) is 0 Å². The van der Waals surface area contributed by atoms with Crippen LogP contribution in [-0.4, -0.2) is 105 Å². The number of rotatable bonds is 7. The summed E-state index contributed by atoms with van der Waals surface area (Å²) in [6.45, 7) is 5.04. The van der Waals surface area contributed by atoms with Crippen molar-refractivity contribution in [1.82, 2.24) is 28.9 Å². The Morgan fingerprint density at radius 2 is 0.894 bits per heavy atom. The number of nitrogens with one attached hydrogen (secondary N) is 5. The molecule has 18 heteroatoms. The van der Waals surface area contributed by atoms with Crippen LogP contribution in [0.1, 0.15) is 147 Å². The molecule has 364 valence electrons. The molecule has 6 fully saturated rings. The number of hydrogen-bond acceptors (Lipinski definition) is 9. The van der Waals surface area contributed by atoms with Crippen molar-refractivity contribution in [3.8, 4) is 0 Å². The van der Waals surface area contributed by atoms with Crippen molar-refractivity contribution in [1.29, 1.82) is 0 Å². The number of benzene rings is 2. The Morgan fingerprint density at radius 3 is 1.29 bits per heavy atom. The smallest absolute Gasteiger partial charge is 0.311 e. The molecule has 4 amide bonds. The lowest BCUT2D eigenvalue weighted by Crippen LogP contribution is -2.56. The summed E-state index contributed by atoms with van der Waals surface area (Å²) in [5, 5.41) is 9.38. The highest BCUT2D eigenvalue weighted by molar-refractivity contribution is 8.12. The van der Waals surface area contributed by atoms with E-state index in [2.05, 4.69) is 42.6 Å². The standard InChI is InChI=1S/C24H34N4O3S.C13H15ClN2O3S.C11H20N2.ClH/c29-24(25-23-21-7-3-5-16(21)13-17-6-4-8-22(17)23)26-32(30,31)28-18-9-10-19(28)15-20(14-18)27-11-1-2-12-27;14-20(18,19)16-13(17)15-12-10-5-1-3-8(10)7-9-4-2-6-11(9)12;1-2-6-13(5-1)11-7-9-3-4-10(8-11)12-9;/h13,18-20H,1-12,14-15H2,(H2,25,26,29);7H,1-6H2,(H2,15,16,17);9-12H,1-8H2;1H. The van der Waals surface area contributed by atoms with Gasteiger partial charge in [0.2, 0.25) is 0 Å². The van der Waals surface area contributed by atoms with E-state index in [9.17, 15) is 26.4 Å². The Kier molecular flexibility index (Phi) is 14.9. The van der Waals surface area contributed by atoms with E-state index in [-0.39, 0.29) is 24.5 Å². The summed E-state index contributed by atoms with van der Waals surface area (Å²) in [7, 11) is -2.89. The minimum absolute atomic E-state index is 0. The third-order valence-electron chi connectivity index (χ3n) is 16.5. The first kappa shape index (κ1) is 48.3. The molecule has 12 rings (SSSR count). The number of carbonyl (C=O) groups is 2. The molecule has 0 spiro atoms. The fourth-order valence-electron chi connectivity index (χ4n) is 13.8. The summed E-state index contributed by atoms with van der Waals surface area (Å²) in [6, 6.07) is 6.32. The van der Waals surface area contributed by atoms with E-state index in [1.165, 1.54) is 97.8 Å². The summed E-state index contributed by atoms with van der Waals surface area (Å²) in [5.74, 6) is 0. The highest BCUT2D eigenvalue weighted by atomic mass is 35.7. The van der Waals surface area contributed by atoms with Gasteiger partial charge in [-0.15, -0.1) is 12.4 Å². The summed E-state index contributed by atoms with van der Waals surface area (Å²) >= 11 is 0. The quantitative estimate of drug-likeness (QED) is 0.180. The van der Waals surface area contributed by atoms with Crippen LogP contribution in [0.5, 0.6) is 0 Å². The van der Waals surface area contributed by atoms with Crippen molar-refractivity contribution in [3.05, 3.63) is 56.6 Å². The average molecular weight is 990 g/mol. The molecular weight excluding hydrogens is 920 g/mol. The molecule has 0 aromatic heterocycles. The van der Waals surface area contributed by atoms with Gasteiger partial charge in [0, 0.05) is 58.3 Å². The van der Waals surface area contributed by atoms with Crippen LogP contribution in [0.3, 0.4) is 0 Å². The Labute approximate surface area is 403 Å². The van der Waals surface area contributed by atoms with Crippen LogP contribution in [0.15, 0.2) is 12.1 Å². The molecule has 4 aliphatic carbocycles. The number of anilines is 2. The van der Waals surface area contributed by atoms with Gasteiger partial charge in [-0.05, 0) is 225 Å². The molecule has 14 nitrogen and oxygen atoms in total. The van der Waals surface area contributed by atoms with Crippen molar-refractivity contribution in [3.63, 3.8) is 0 Å². The van der Waals surface area contributed by atoms with E-state index < -0.39 is 31.5 Å². The lowest BCUT2D eigenvalue weighted by Gasteiger charge is -2.41. The van der Waals surface area contributed by atoms with Crippen LogP contribution in [-0.2, 0) is 70.8 Å². The van der Waals surface area contributed by atoms with Gasteiger partial charge in [0.1, 0.15) is 0 Å². The molecule has 0 saturated carbocycles. The Balaban J connectivity index is 0.000000137. The largest absolute Gasteiger partial charge is 0.333 e. The first-order valence-electron chi connectivity index (χ1n) is 25.1. The van der Waals surface area contributed by atoms with Crippen molar-refractivity contribution in [2.45, 2.75) is 190 Å². The first-order chi connectivity index (χ1) is 31.3. The molecule has 2 aromatic rings. The number of urea groups is 2. The van der Waals surface area contributed by atoms with E-state index >= 15 is 0 Å².